The van der Waals surface area contributed by atoms with E-state index in [9.17, 15) is 9.59 Å². The van der Waals surface area contributed by atoms with E-state index >= 15 is 0 Å². The van der Waals surface area contributed by atoms with Crippen LogP contribution in [0.15, 0.2) is 0 Å². The molecule has 0 aromatic carbocycles. The summed E-state index contributed by atoms with van der Waals surface area (Å²) in [6, 6.07) is 0. The van der Waals surface area contributed by atoms with Crippen molar-refractivity contribution in [3.8, 4) is 0 Å². The minimum Gasteiger partial charge on any atom is -0.355 e. The largest absolute Gasteiger partial charge is 0.355 e. The summed E-state index contributed by atoms with van der Waals surface area (Å²) in [6.45, 7) is 6.60. The molecular formula is C16H31N3O2. The molecule has 0 aromatic heterocycles. The van der Waals surface area contributed by atoms with Gasteiger partial charge in [0.25, 0.3) is 0 Å². The monoisotopic (exact) mass is 297 g/mol. The van der Waals surface area contributed by atoms with Gasteiger partial charge in [0.2, 0.25) is 11.8 Å². The first-order chi connectivity index (χ1) is 9.85. The molecule has 1 saturated heterocycles. The molecule has 122 valence electrons. The van der Waals surface area contributed by atoms with Gasteiger partial charge >= 0.3 is 0 Å². The minimum absolute atomic E-state index is 0.0329. The van der Waals surface area contributed by atoms with Gasteiger partial charge in [0.05, 0.1) is 0 Å². The Bertz CT molecular complexity index is 345. The Kier molecular flexibility index (Phi) is 7.15. The molecule has 0 bridgehead atoms. The highest BCUT2D eigenvalue weighted by atomic mass is 16.2. The van der Waals surface area contributed by atoms with E-state index in [0.29, 0.717) is 6.54 Å². The summed E-state index contributed by atoms with van der Waals surface area (Å²) in [5.41, 5.74) is -0.970. The van der Waals surface area contributed by atoms with Gasteiger partial charge in [-0.15, -0.1) is 0 Å². The third-order valence-corrected chi connectivity index (χ3v) is 4.06. The van der Waals surface area contributed by atoms with Crippen LogP contribution in [0.4, 0.5) is 0 Å². The second-order valence-electron chi connectivity index (χ2n) is 6.74. The van der Waals surface area contributed by atoms with Gasteiger partial charge < -0.3 is 15.1 Å². The number of amides is 2. The second-order valence-corrected chi connectivity index (χ2v) is 6.74. The first-order valence-corrected chi connectivity index (χ1v) is 8.08. The van der Waals surface area contributed by atoms with Crippen molar-refractivity contribution < 1.29 is 9.59 Å². The SMILES string of the molecule is CN(C)CCCNC(=O)C(C)(C)C(=O)N1CCCCCC1. The zero-order valence-electron chi connectivity index (χ0n) is 14.1. The maximum atomic E-state index is 12.6. The van der Waals surface area contributed by atoms with Crippen LogP contribution in [0.25, 0.3) is 0 Å². The Labute approximate surface area is 129 Å². The molecule has 21 heavy (non-hydrogen) atoms. The van der Waals surface area contributed by atoms with Crippen molar-refractivity contribution in [2.24, 2.45) is 5.41 Å². The third kappa shape index (κ3) is 5.65. The van der Waals surface area contributed by atoms with Crippen molar-refractivity contribution in [3.63, 3.8) is 0 Å². The fourth-order valence-electron chi connectivity index (χ4n) is 2.58. The highest BCUT2D eigenvalue weighted by molar-refractivity contribution is 6.04. The molecule has 1 N–H and O–H groups in total. The predicted molar refractivity (Wildman–Crippen MR) is 85.0 cm³/mol. The molecule has 1 aliphatic rings. The molecule has 5 heteroatoms. The Morgan fingerprint density at radius 2 is 1.67 bits per heavy atom. The van der Waals surface area contributed by atoms with Gasteiger partial charge in [0.1, 0.15) is 5.41 Å². The first kappa shape index (κ1) is 18.0. The molecule has 1 heterocycles. The van der Waals surface area contributed by atoms with Gasteiger partial charge in [-0.2, -0.15) is 0 Å². The van der Waals surface area contributed by atoms with Gasteiger partial charge in [-0.1, -0.05) is 12.8 Å². The number of nitrogens with zero attached hydrogens (tertiary/aromatic N) is 2. The van der Waals surface area contributed by atoms with Crippen LogP contribution in [-0.4, -0.2) is 61.9 Å². The number of likely N-dealkylation sites (tertiary alicyclic amines) is 1. The lowest BCUT2D eigenvalue weighted by Crippen LogP contribution is -2.50. The first-order valence-electron chi connectivity index (χ1n) is 8.08. The molecule has 0 aliphatic carbocycles. The van der Waals surface area contributed by atoms with E-state index in [1.54, 1.807) is 13.8 Å². The molecular weight excluding hydrogens is 266 g/mol. The second kappa shape index (κ2) is 8.37. The Morgan fingerprint density at radius 3 is 2.19 bits per heavy atom. The predicted octanol–water partition coefficient (Wildman–Crippen LogP) is 1.48. The molecule has 5 nitrogen and oxygen atoms in total. The van der Waals surface area contributed by atoms with Crippen LogP contribution in [0, 0.1) is 5.41 Å². The fourth-order valence-corrected chi connectivity index (χ4v) is 2.58. The van der Waals surface area contributed by atoms with E-state index in [1.807, 2.05) is 19.0 Å². The molecule has 2 amide bonds. The minimum atomic E-state index is -0.970. The Morgan fingerprint density at radius 1 is 1.10 bits per heavy atom. The molecule has 1 fully saturated rings. The van der Waals surface area contributed by atoms with E-state index < -0.39 is 5.41 Å². The van der Waals surface area contributed by atoms with Gasteiger partial charge in [0, 0.05) is 19.6 Å². The van der Waals surface area contributed by atoms with Crippen molar-refractivity contribution in [2.45, 2.75) is 46.0 Å². The lowest BCUT2D eigenvalue weighted by Gasteiger charge is -2.30. The van der Waals surface area contributed by atoms with E-state index in [0.717, 1.165) is 38.9 Å². The van der Waals surface area contributed by atoms with Gasteiger partial charge in [-0.05, 0) is 53.8 Å². The number of rotatable bonds is 6. The molecule has 1 rings (SSSR count). The van der Waals surface area contributed by atoms with Crippen LogP contribution in [0.3, 0.4) is 0 Å². The van der Waals surface area contributed by atoms with Crippen molar-refractivity contribution >= 4 is 11.8 Å². The standard InChI is InChI=1S/C16H31N3O2/c1-16(2,14(20)17-10-9-11-18(3)4)15(21)19-12-7-5-6-8-13-19/h5-13H2,1-4H3,(H,17,20). The quantitative estimate of drug-likeness (QED) is 0.597. The summed E-state index contributed by atoms with van der Waals surface area (Å²) in [7, 11) is 4.02. The summed E-state index contributed by atoms with van der Waals surface area (Å²) in [4.78, 5) is 28.9. The molecule has 0 atom stereocenters. The normalized spacial score (nSPS) is 16.7. The van der Waals surface area contributed by atoms with Gasteiger partial charge in [-0.3, -0.25) is 9.59 Å². The van der Waals surface area contributed by atoms with Crippen LogP contribution >= 0.6 is 0 Å². The van der Waals surface area contributed by atoms with Gasteiger partial charge in [0.15, 0.2) is 0 Å². The molecule has 0 aromatic rings. The topological polar surface area (TPSA) is 52.7 Å². The highest BCUT2D eigenvalue weighted by Gasteiger charge is 2.38. The summed E-state index contributed by atoms with van der Waals surface area (Å²) in [6.07, 6.45) is 5.35. The fraction of sp³-hybridized carbons (Fsp3) is 0.875. The number of carbonyl (C=O) groups excluding carboxylic acids is 2. The molecule has 0 radical (unpaired) electrons. The third-order valence-electron chi connectivity index (χ3n) is 4.06. The van der Waals surface area contributed by atoms with Crippen LogP contribution < -0.4 is 5.32 Å². The average Bonchev–Trinajstić information content (AvgIpc) is 2.71. The maximum Gasteiger partial charge on any atom is 0.237 e. The molecule has 0 unspecified atom stereocenters. The number of carbonyl (C=O) groups is 2. The zero-order valence-corrected chi connectivity index (χ0v) is 14.1. The number of hydrogen-bond acceptors (Lipinski definition) is 3. The molecule has 0 spiro atoms. The van der Waals surface area contributed by atoms with E-state index in [2.05, 4.69) is 10.2 Å². The summed E-state index contributed by atoms with van der Waals surface area (Å²) in [5.74, 6) is -0.190. The Hall–Kier alpha value is -1.10. The van der Waals surface area contributed by atoms with Crippen LogP contribution in [0.5, 0.6) is 0 Å². The number of hydrogen-bond donors (Lipinski definition) is 1. The highest BCUT2D eigenvalue weighted by Crippen LogP contribution is 2.22. The van der Waals surface area contributed by atoms with Crippen LogP contribution in [0.1, 0.15) is 46.0 Å². The smallest absolute Gasteiger partial charge is 0.237 e. The number of nitrogens with one attached hydrogen (secondary N) is 1. The average molecular weight is 297 g/mol. The lowest BCUT2D eigenvalue weighted by molar-refractivity contribution is -0.148. The van der Waals surface area contributed by atoms with Crippen molar-refractivity contribution in [1.29, 1.82) is 0 Å². The van der Waals surface area contributed by atoms with E-state index in [4.69, 9.17) is 0 Å². The van der Waals surface area contributed by atoms with Gasteiger partial charge in [-0.25, -0.2) is 0 Å². The van der Waals surface area contributed by atoms with Crippen LogP contribution in [-0.2, 0) is 9.59 Å². The van der Waals surface area contributed by atoms with E-state index in [1.165, 1.54) is 12.8 Å². The summed E-state index contributed by atoms with van der Waals surface area (Å²) < 4.78 is 0. The molecule has 1 aliphatic heterocycles. The van der Waals surface area contributed by atoms with Crippen LogP contribution in [0.2, 0.25) is 0 Å². The Balaban J connectivity index is 2.48. The zero-order chi connectivity index (χ0) is 15.9. The molecule has 0 saturated carbocycles. The lowest BCUT2D eigenvalue weighted by atomic mass is 9.90. The van der Waals surface area contributed by atoms with Crippen molar-refractivity contribution in [3.05, 3.63) is 0 Å². The van der Waals surface area contributed by atoms with E-state index in [-0.39, 0.29) is 11.8 Å². The summed E-state index contributed by atoms with van der Waals surface area (Å²) in [5, 5.41) is 2.90. The maximum absolute atomic E-state index is 12.6. The van der Waals surface area contributed by atoms with Crippen molar-refractivity contribution in [2.75, 3.05) is 40.3 Å². The van der Waals surface area contributed by atoms with Crippen molar-refractivity contribution in [1.82, 2.24) is 15.1 Å². The summed E-state index contributed by atoms with van der Waals surface area (Å²) >= 11 is 0.